The zero-order valence-electron chi connectivity index (χ0n) is 10.7. The fourth-order valence-corrected chi connectivity index (χ4v) is 2.16. The Hall–Kier alpha value is -1.53. The van der Waals surface area contributed by atoms with E-state index in [9.17, 15) is 0 Å². The van der Waals surface area contributed by atoms with Crippen LogP contribution in [0, 0.1) is 0 Å². The zero-order chi connectivity index (χ0) is 13.0. The maximum Gasteiger partial charge on any atom is 0.0406 e. The Morgan fingerprint density at radius 2 is 1.61 bits per heavy atom. The largest absolute Gasteiger partial charge is 0.0843 e. The van der Waals surface area contributed by atoms with Crippen LogP contribution in [0.1, 0.15) is 30.9 Å². The predicted octanol–water partition coefficient (Wildman–Crippen LogP) is 5.55. The molecule has 2 aromatic rings. The Kier molecular flexibility index (Phi) is 4.22. The molecule has 1 heteroatoms. The van der Waals surface area contributed by atoms with Crippen molar-refractivity contribution in [2.75, 3.05) is 0 Å². The molecule has 0 N–H and O–H groups in total. The van der Waals surface area contributed by atoms with Gasteiger partial charge < -0.3 is 0 Å². The van der Waals surface area contributed by atoms with Crippen molar-refractivity contribution in [1.82, 2.24) is 0 Å². The fourth-order valence-electron chi connectivity index (χ4n) is 2.04. The second-order valence-corrected chi connectivity index (χ2v) is 4.99. The zero-order valence-corrected chi connectivity index (χ0v) is 11.5. The summed E-state index contributed by atoms with van der Waals surface area (Å²) < 4.78 is 0. The number of rotatable bonds is 3. The van der Waals surface area contributed by atoms with Gasteiger partial charge in [-0.15, -0.1) is 0 Å². The Balaban J connectivity index is 2.20. The van der Waals surface area contributed by atoms with Crippen molar-refractivity contribution in [2.45, 2.75) is 19.8 Å². The highest BCUT2D eigenvalue weighted by Gasteiger charge is 2.03. The molecule has 1 atom stereocenters. The molecule has 0 aliphatic carbocycles. The van der Waals surface area contributed by atoms with Crippen LogP contribution in [0.5, 0.6) is 0 Å². The summed E-state index contributed by atoms with van der Waals surface area (Å²) in [7, 11) is 0. The van der Waals surface area contributed by atoms with Crippen LogP contribution in [0.25, 0.3) is 5.57 Å². The van der Waals surface area contributed by atoms with Crippen LogP contribution in [0.15, 0.2) is 60.7 Å². The highest BCUT2D eigenvalue weighted by Crippen LogP contribution is 2.23. The van der Waals surface area contributed by atoms with Crippen LogP contribution >= 0.6 is 11.6 Å². The van der Waals surface area contributed by atoms with Gasteiger partial charge in [0.05, 0.1) is 0 Å². The van der Waals surface area contributed by atoms with Gasteiger partial charge >= 0.3 is 0 Å². The van der Waals surface area contributed by atoms with Gasteiger partial charge in [-0.1, -0.05) is 67.1 Å². The number of allylic oxidation sites excluding steroid dienone is 2. The van der Waals surface area contributed by atoms with Crippen molar-refractivity contribution >= 4 is 17.2 Å². The molecule has 0 nitrogen and oxygen atoms in total. The molecule has 2 aromatic carbocycles. The monoisotopic (exact) mass is 256 g/mol. The molecule has 1 unspecified atom stereocenters. The van der Waals surface area contributed by atoms with Crippen molar-refractivity contribution in [3.63, 3.8) is 0 Å². The average molecular weight is 257 g/mol. The molecule has 0 bridgehead atoms. The summed E-state index contributed by atoms with van der Waals surface area (Å²) >= 11 is 5.90. The second kappa shape index (κ2) is 5.88. The van der Waals surface area contributed by atoms with Gasteiger partial charge in [-0.3, -0.25) is 0 Å². The van der Waals surface area contributed by atoms with Crippen LogP contribution < -0.4 is 0 Å². The van der Waals surface area contributed by atoms with E-state index in [1.165, 1.54) is 16.7 Å². The molecule has 0 radical (unpaired) electrons. The summed E-state index contributed by atoms with van der Waals surface area (Å²) in [6, 6.07) is 18.5. The molecule has 2 rings (SSSR count). The molecule has 0 amide bonds. The lowest BCUT2D eigenvalue weighted by Gasteiger charge is -2.09. The van der Waals surface area contributed by atoms with Crippen molar-refractivity contribution in [1.29, 1.82) is 0 Å². The van der Waals surface area contributed by atoms with E-state index in [0.29, 0.717) is 5.92 Å². The third-order valence-electron chi connectivity index (χ3n) is 3.12. The van der Waals surface area contributed by atoms with Gasteiger partial charge in [-0.2, -0.15) is 0 Å². The first-order chi connectivity index (χ1) is 8.66. The predicted molar refractivity (Wildman–Crippen MR) is 80.0 cm³/mol. The Labute approximate surface area is 114 Å². The molecule has 0 aliphatic rings. The quantitative estimate of drug-likeness (QED) is 0.676. The molecule has 18 heavy (non-hydrogen) atoms. The third kappa shape index (κ3) is 3.24. The van der Waals surface area contributed by atoms with Crippen LogP contribution in [-0.2, 0) is 0 Å². The van der Waals surface area contributed by atoms with Gasteiger partial charge in [-0.05, 0) is 41.7 Å². The number of benzene rings is 2. The Morgan fingerprint density at radius 3 is 2.22 bits per heavy atom. The maximum absolute atomic E-state index is 5.90. The Bertz CT molecular complexity index is 523. The average Bonchev–Trinajstić information content (AvgIpc) is 2.40. The number of hydrogen-bond donors (Lipinski definition) is 0. The normalized spacial score (nSPS) is 13.4. The fraction of sp³-hybridized carbons (Fsp3) is 0.176. The summed E-state index contributed by atoms with van der Waals surface area (Å²) in [6.45, 7) is 4.36. The summed E-state index contributed by atoms with van der Waals surface area (Å²) in [5, 5.41) is 0.780. The van der Waals surface area contributed by atoms with Crippen LogP contribution in [0.3, 0.4) is 0 Å². The summed E-state index contributed by atoms with van der Waals surface area (Å²) in [5.41, 5.74) is 3.84. The molecule has 0 fully saturated rings. The van der Waals surface area contributed by atoms with Crippen molar-refractivity contribution in [3.05, 3.63) is 76.8 Å². The van der Waals surface area contributed by atoms with Gasteiger partial charge in [0.15, 0.2) is 0 Å². The SMILES string of the molecule is C/C(=C\C(C)c1ccccc1)c1ccc(Cl)cc1. The van der Waals surface area contributed by atoms with Crippen molar-refractivity contribution in [2.24, 2.45) is 0 Å². The first kappa shape index (κ1) is 12.9. The first-order valence-electron chi connectivity index (χ1n) is 6.16. The lowest BCUT2D eigenvalue weighted by molar-refractivity contribution is 0.968. The molecule has 0 aliphatic heterocycles. The van der Waals surface area contributed by atoms with E-state index in [1.54, 1.807) is 0 Å². The van der Waals surface area contributed by atoms with E-state index in [2.05, 4.69) is 56.3 Å². The van der Waals surface area contributed by atoms with E-state index >= 15 is 0 Å². The van der Waals surface area contributed by atoms with Crippen molar-refractivity contribution in [3.8, 4) is 0 Å². The first-order valence-corrected chi connectivity index (χ1v) is 6.54. The third-order valence-corrected chi connectivity index (χ3v) is 3.38. The standard InChI is InChI=1S/C17H17Cl/c1-13(15-6-4-3-5-7-15)12-14(2)16-8-10-17(18)11-9-16/h3-13H,1-2H3/b14-12+. The van der Waals surface area contributed by atoms with Crippen molar-refractivity contribution < 1.29 is 0 Å². The van der Waals surface area contributed by atoms with Gasteiger partial charge in [0.25, 0.3) is 0 Å². The van der Waals surface area contributed by atoms with Gasteiger partial charge in [0.1, 0.15) is 0 Å². The van der Waals surface area contributed by atoms with Gasteiger partial charge in [0.2, 0.25) is 0 Å². The molecule has 0 spiro atoms. The minimum atomic E-state index is 0.418. The van der Waals surface area contributed by atoms with E-state index in [4.69, 9.17) is 11.6 Å². The molecule has 0 aromatic heterocycles. The summed E-state index contributed by atoms with van der Waals surface area (Å²) in [4.78, 5) is 0. The molecule has 0 heterocycles. The maximum atomic E-state index is 5.90. The number of hydrogen-bond acceptors (Lipinski definition) is 0. The van der Waals surface area contributed by atoms with E-state index in [0.717, 1.165) is 5.02 Å². The van der Waals surface area contributed by atoms with Crippen LogP contribution in [0.4, 0.5) is 0 Å². The minimum Gasteiger partial charge on any atom is -0.0843 e. The Morgan fingerprint density at radius 1 is 1.00 bits per heavy atom. The molecule has 92 valence electrons. The second-order valence-electron chi connectivity index (χ2n) is 4.56. The van der Waals surface area contributed by atoms with Crippen LogP contribution in [0.2, 0.25) is 5.02 Å². The van der Waals surface area contributed by atoms with Gasteiger partial charge in [0, 0.05) is 5.02 Å². The molecule has 0 saturated carbocycles. The highest BCUT2D eigenvalue weighted by atomic mass is 35.5. The minimum absolute atomic E-state index is 0.418. The molecule has 0 saturated heterocycles. The number of halogens is 1. The van der Waals surface area contributed by atoms with E-state index < -0.39 is 0 Å². The smallest absolute Gasteiger partial charge is 0.0406 e. The molecular weight excluding hydrogens is 240 g/mol. The van der Waals surface area contributed by atoms with Crippen LogP contribution in [-0.4, -0.2) is 0 Å². The topological polar surface area (TPSA) is 0 Å². The highest BCUT2D eigenvalue weighted by molar-refractivity contribution is 6.30. The van der Waals surface area contributed by atoms with Gasteiger partial charge in [-0.25, -0.2) is 0 Å². The summed E-state index contributed by atoms with van der Waals surface area (Å²) in [5.74, 6) is 0.418. The molecular formula is C17H17Cl. The van der Waals surface area contributed by atoms with E-state index in [1.807, 2.05) is 18.2 Å². The lowest BCUT2D eigenvalue weighted by atomic mass is 9.96. The lowest BCUT2D eigenvalue weighted by Crippen LogP contribution is -1.90. The summed E-state index contributed by atoms with van der Waals surface area (Å²) in [6.07, 6.45) is 2.29. The van der Waals surface area contributed by atoms with E-state index in [-0.39, 0.29) is 0 Å².